The van der Waals surface area contributed by atoms with Gasteiger partial charge in [0, 0.05) is 38.3 Å². The number of ether oxygens (including phenoxy) is 1. The van der Waals surface area contributed by atoms with Crippen molar-refractivity contribution >= 4 is 5.91 Å². The molecule has 0 aromatic heterocycles. The van der Waals surface area contributed by atoms with Gasteiger partial charge in [0.15, 0.2) is 6.61 Å². The molecule has 25 heavy (non-hydrogen) atoms. The van der Waals surface area contributed by atoms with Crippen LogP contribution in [0.3, 0.4) is 0 Å². The number of nitrogens with zero attached hydrogens (tertiary/aromatic N) is 2. The molecule has 1 amide bonds. The van der Waals surface area contributed by atoms with E-state index in [9.17, 15) is 9.18 Å². The second kappa shape index (κ2) is 8.12. The molecule has 1 aliphatic heterocycles. The van der Waals surface area contributed by atoms with Crippen LogP contribution in [0, 0.1) is 12.7 Å². The van der Waals surface area contributed by atoms with Gasteiger partial charge >= 0.3 is 0 Å². The molecule has 0 radical (unpaired) electrons. The van der Waals surface area contributed by atoms with Crippen LogP contribution < -0.4 is 4.74 Å². The zero-order valence-electron chi connectivity index (χ0n) is 14.5. The predicted octanol–water partition coefficient (Wildman–Crippen LogP) is 2.86. The van der Waals surface area contributed by atoms with Crippen molar-refractivity contribution in [1.82, 2.24) is 9.80 Å². The van der Waals surface area contributed by atoms with Crippen molar-refractivity contribution in [2.24, 2.45) is 0 Å². The van der Waals surface area contributed by atoms with Gasteiger partial charge in [0.2, 0.25) is 0 Å². The second-order valence-corrected chi connectivity index (χ2v) is 6.30. The van der Waals surface area contributed by atoms with Crippen LogP contribution in [-0.4, -0.2) is 48.5 Å². The molecule has 0 atom stereocenters. The van der Waals surface area contributed by atoms with E-state index < -0.39 is 0 Å². The minimum absolute atomic E-state index is 0.00575. The van der Waals surface area contributed by atoms with Gasteiger partial charge in [-0.3, -0.25) is 9.69 Å². The predicted molar refractivity (Wildman–Crippen MR) is 94.9 cm³/mol. The van der Waals surface area contributed by atoms with Crippen molar-refractivity contribution in [3.63, 3.8) is 0 Å². The number of para-hydroxylation sites is 1. The van der Waals surface area contributed by atoms with Gasteiger partial charge in [-0.2, -0.15) is 0 Å². The van der Waals surface area contributed by atoms with Gasteiger partial charge < -0.3 is 9.64 Å². The fraction of sp³-hybridized carbons (Fsp3) is 0.350. The maximum Gasteiger partial charge on any atom is 0.260 e. The van der Waals surface area contributed by atoms with Crippen molar-refractivity contribution in [3.05, 3.63) is 65.5 Å². The van der Waals surface area contributed by atoms with Gasteiger partial charge in [-0.25, -0.2) is 4.39 Å². The lowest BCUT2D eigenvalue weighted by atomic mass is 10.2. The minimum atomic E-state index is -0.173. The first kappa shape index (κ1) is 17.4. The molecular weight excluding hydrogens is 319 g/mol. The summed E-state index contributed by atoms with van der Waals surface area (Å²) in [5, 5.41) is 0. The maximum absolute atomic E-state index is 13.7. The van der Waals surface area contributed by atoms with Gasteiger partial charge in [0.1, 0.15) is 11.6 Å². The van der Waals surface area contributed by atoms with E-state index in [1.165, 1.54) is 6.07 Å². The molecule has 132 valence electrons. The molecule has 0 bridgehead atoms. The summed E-state index contributed by atoms with van der Waals surface area (Å²) in [6, 6.07) is 14.5. The molecule has 0 unspecified atom stereocenters. The number of carbonyl (C=O) groups excluding carboxylic acids is 1. The van der Waals surface area contributed by atoms with Crippen molar-refractivity contribution in [1.29, 1.82) is 0 Å². The Hall–Kier alpha value is -2.40. The molecule has 0 aliphatic carbocycles. The molecule has 0 N–H and O–H groups in total. The van der Waals surface area contributed by atoms with E-state index in [1.54, 1.807) is 6.07 Å². The van der Waals surface area contributed by atoms with Gasteiger partial charge in [0.25, 0.3) is 5.91 Å². The first-order valence-corrected chi connectivity index (χ1v) is 8.55. The van der Waals surface area contributed by atoms with Gasteiger partial charge in [-0.1, -0.05) is 36.4 Å². The lowest BCUT2D eigenvalue weighted by molar-refractivity contribution is -0.135. The van der Waals surface area contributed by atoms with E-state index in [4.69, 9.17) is 4.74 Å². The zero-order valence-corrected chi connectivity index (χ0v) is 14.5. The SMILES string of the molecule is Cc1ccccc1OCC(=O)N1CCN(Cc2ccccc2F)CC1. The maximum atomic E-state index is 13.7. The van der Waals surface area contributed by atoms with E-state index in [2.05, 4.69) is 4.90 Å². The van der Waals surface area contributed by atoms with E-state index >= 15 is 0 Å². The van der Waals surface area contributed by atoms with Crippen LogP contribution in [-0.2, 0) is 11.3 Å². The smallest absolute Gasteiger partial charge is 0.260 e. The Morgan fingerprint density at radius 2 is 1.72 bits per heavy atom. The third-order valence-electron chi connectivity index (χ3n) is 4.52. The highest BCUT2D eigenvalue weighted by Gasteiger charge is 2.22. The van der Waals surface area contributed by atoms with Crippen molar-refractivity contribution in [3.8, 4) is 5.75 Å². The molecule has 4 nitrogen and oxygen atoms in total. The van der Waals surface area contributed by atoms with Crippen molar-refractivity contribution in [2.45, 2.75) is 13.5 Å². The van der Waals surface area contributed by atoms with E-state index in [-0.39, 0.29) is 18.3 Å². The molecule has 2 aromatic carbocycles. The van der Waals surface area contributed by atoms with Crippen LogP contribution in [0.25, 0.3) is 0 Å². The molecule has 1 fully saturated rings. The topological polar surface area (TPSA) is 32.8 Å². The summed E-state index contributed by atoms with van der Waals surface area (Å²) in [4.78, 5) is 16.3. The number of halogens is 1. The van der Waals surface area contributed by atoms with Crippen molar-refractivity contribution in [2.75, 3.05) is 32.8 Å². The third-order valence-corrected chi connectivity index (χ3v) is 4.52. The van der Waals surface area contributed by atoms with Crippen LogP contribution in [0.4, 0.5) is 4.39 Å². The van der Waals surface area contributed by atoms with Gasteiger partial charge in [-0.05, 0) is 24.6 Å². The van der Waals surface area contributed by atoms with Gasteiger partial charge in [-0.15, -0.1) is 0 Å². The lowest BCUT2D eigenvalue weighted by Gasteiger charge is -2.34. The fourth-order valence-corrected chi connectivity index (χ4v) is 2.97. The number of piperazine rings is 1. The number of aryl methyl sites for hydroxylation is 1. The number of carbonyl (C=O) groups is 1. The normalized spacial score (nSPS) is 15.2. The average molecular weight is 342 g/mol. The van der Waals surface area contributed by atoms with Crippen LogP contribution in [0.2, 0.25) is 0 Å². The molecular formula is C20H23FN2O2. The summed E-state index contributed by atoms with van der Waals surface area (Å²) in [6.45, 7) is 5.36. The highest BCUT2D eigenvalue weighted by molar-refractivity contribution is 5.78. The molecule has 3 rings (SSSR count). The first-order chi connectivity index (χ1) is 12.1. The van der Waals surface area contributed by atoms with Gasteiger partial charge in [0.05, 0.1) is 0 Å². The van der Waals surface area contributed by atoms with Crippen LogP contribution in [0.15, 0.2) is 48.5 Å². The number of amides is 1. The number of hydrogen-bond acceptors (Lipinski definition) is 3. The number of hydrogen-bond donors (Lipinski definition) is 0. The molecule has 5 heteroatoms. The molecule has 1 aliphatic rings. The summed E-state index contributed by atoms with van der Waals surface area (Å²) in [6.07, 6.45) is 0. The molecule has 1 heterocycles. The third kappa shape index (κ3) is 4.57. The highest BCUT2D eigenvalue weighted by atomic mass is 19.1. The summed E-state index contributed by atoms with van der Waals surface area (Å²) in [5.41, 5.74) is 1.72. The average Bonchev–Trinajstić information content (AvgIpc) is 2.63. The van der Waals surface area contributed by atoms with E-state index in [0.717, 1.165) is 24.4 Å². The Morgan fingerprint density at radius 3 is 2.44 bits per heavy atom. The van der Waals surface area contributed by atoms with Crippen LogP contribution in [0.5, 0.6) is 5.75 Å². The first-order valence-electron chi connectivity index (χ1n) is 8.55. The molecule has 1 saturated heterocycles. The van der Waals surface area contributed by atoms with Crippen LogP contribution >= 0.6 is 0 Å². The Bertz CT molecular complexity index is 727. The lowest BCUT2D eigenvalue weighted by Crippen LogP contribution is -2.49. The molecule has 2 aromatic rings. The molecule has 0 spiro atoms. The van der Waals surface area contributed by atoms with E-state index in [1.807, 2.05) is 48.2 Å². The summed E-state index contributed by atoms with van der Waals surface area (Å²) in [7, 11) is 0. The number of benzene rings is 2. The Balaban J connectivity index is 1.46. The van der Waals surface area contributed by atoms with Crippen LogP contribution in [0.1, 0.15) is 11.1 Å². The summed E-state index contributed by atoms with van der Waals surface area (Å²) < 4.78 is 19.4. The fourth-order valence-electron chi connectivity index (χ4n) is 2.97. The van der Waals surface area contributed by atoms with E-state index in [0.29, 0.717) is 25.2 Å². The Morgan fingerprint density at radius 1 is 1.04 bits per heavy atom. The Labute approximate surface area is 147 Å². The van der Waals surface area contributed by atoms with Crippen molar-refractivity contribution < 1.29 is 13.9 Å². The standard InChI is InChI=1S/C20H23FN2O2/c1-16-6-2-5-9-19(16)25-15-20(24)23-12-10-22(11-13-23)14-17-7-3-4-8-18(17)21/h2-9H,10-15H2,1H3. The monoisotopic (exact) mass is 342 g/mol. The zero-order chi connectivity index (χ0) is 17.6. The molecule has 0 saturated carbocycles. The quantitative estimate of drug-likeness (QED) is 0.838. The number of rotatable bonds is 5. The summed E-state index contributed by atoms with van der Waals surface area (Å²) >= 11 is 0. The largest absolute Gasteiger partial charge is 0.484 e. The highest BCUT2D eigenvalue weighted by Crippen LogP contribution is 2.16. The summed E-state index contributed by atoms with van der Waals surface area (Å²) in [5.74, 6) is 0.565. The minimum Gasteiger partial charge on any atom is -0.484 e. The Kier molecular flexibility index (Phi) is 5.66. The second-order valence-electron chi connectivity index (χ2n) is 6.30.